The summed E-state index contributed by atoms with van der Waals surface area (Å²) in [6, 6.07) is 10.3. The second-order valence-corrected chi connectivity index (χ2v) is 3.56. The lowest BCUT2D eigenvalue weighted by molar-refractivity contribution is -0.192. The van der Waals surface area contributed by atoms with Gasteiger partial charge in [-0.3, -0.25) is 0 Å². The van der Waals surface area contributed by atoms with Crippen LogP contribution in [-0.4, -0.2) is 30.3 Å². The summed E-state index contributed by atoms with van der Waals surface area (Å²) < 4.78 is 31.7. The van der Waals surface area contributed by atoms with Crippen molar-refractivity contribution in [3.63, 3.8) is 0 Å². The summed E-state index contributed by atoms with van der Waals surface area (Å²) in [4.78, 5) is 8.90. The fourth-order valence-corrected chi connectivity index (χ4v) is 0.711. The minimum Gasteiger partial charge on any atom is -0.475 e. The van der Waals surface area contributed by atoms with E-state index in [0.29, 0.717) is 0 Å². The van der Waals surface area contributed by atoms with Crippen LogP contribution < -0.4 is 5.32 Å². The molecule has 102 valence electrons. The summed E-state index contributed by atoms with van der Waals surface area (Å²) in [7, 11) is 0. The average Bonchev–Trinajstić information content (AvgIpc) is 2.15. The fraction of sp³-hybridized carbons (Fsp3) is 0.417. The van der Waals surface area contributed by atoms with E-state index in [1.54, 1.807) is 0 Å². The lowest BCUT2D eigenvalue weighted by Crippen LogP contribution is -2.29. The standard InChI is InChI=1S/C7H8.C3H7N.C2HF3O2/c1-7-5-3-2-4-6-7;1-2-4-3-1;3-2(4,5)1(6)7/h2-6H,1H3;4H,1-3H2;(H,6,7). The summed E-state index contributed by atoms with van der Waals surface area (Å²) >= 11 is 0. The van der Waals surface area contributed by atoms with E-state index in [-0.39, 0.29) is 0 Å². The zero-order chi connectivity index (χ0) is 14.0. The van der Waals surface area contributed by atoms with E-state index >= 15 is 0 Å². The zero-order valence-corrected chi connectivity index (χ0v) is 10.00. The van der Waals surface area contributed by atoms with Crippen molar-refractivity contribution >= 4 is 5.97 Å². The molecule has 0 aliphatic carbocycles. The summed E-state index contributed by atoms with van der Waals surface area (Å²) in [6.45, 7) is 4.58. The van der Waals surface area contributed by atoms with Gasteiger partial charge < -0.3 is 10.4 Å². The number of aliphatic carboxylic acids is 1. The van der Waals surface area contributed by atoms with Crippen molar-refractivity contribution in [3.8, 4) is 0 Å². The summed E-state index contributed by atoms with van der Waals surface area (Å²) in [5.74, 6) is -2.76. The summed E-state index contributed by atoms with van der Waals surface area (Å²) in [5.41, 5.74) is 1.32. The molecule has 0 spiro atoms. The van der Waals surface area contributed by atoms with E-state index in [2.05, 4.69) is 24.4 Å². The van der Waals surface area contributed by atoms with Crippen molar-refractivity contribution < 1.29 is 23.1 Å². The highest BCUT2D eigenvalue weighted by Gasteiger charge is 2.38. The zero-order valence-electron chi connectivity index (χ0n) is 10.00. The number of carboxylic acids is 1. The van der Waals surface area contributed by atoms with E-state index in [9.17, 15) is 13.2 Å². The smallest absolute Gasteiger partial charge is 0.475 e. The third-order valence-corrected chi connectivity index (χ3v) is 1.89. The van der Waals surface area contributed by atoms with Gasteiger partial charge >= 0.3 is 12.1 Å². The topological polar surface area (TPSA) is 49.3 Å². The van der Waals surface area contributed by atoms with E-state index in [0.717, 1.165) is 0 Å². The first-order valence-electron chi connectivity index (χ1n) is 5.36. The van der Waals surface area contributed by atoms with Crippen molar-refractivity contribution in [1.82, 2.24) is 5.32 Å². The monoisotopic (exact) mass is 263 g/mol. The number of carbonyl (C=O) groups is 1. The summed E-state index contributed by atoms with van der Waals surface area (Å²) in [5, 5.41) is 10.2. The predicted octanol–water partition coefficient (Wildman–Crippen LogP) is 2.61. The van der Waals surface area contributed by atoms with E-state index in [1.807, 2.05) is 18.2 Å². The van der Waals surface area contributed by atoms with Crippen LogP contribution in [0.3, 0.4) is 0 Å². The minimum atomic E-state index is -5.08. The Labute approximate surface area is 104 Å². The Balaban J connectivity index is 0.000000249. The molecular weight excluding hydrogens is 247 g/mol. The van der Waals surface area contributed by atoms with Gasteiger partial charge in [0.25, 0.3) is 0 Å². The van der Waals surface area contributed by atoms with E-state index < -0.39 is 12.1 Å². The Morgan fingerprint density at radius 1 is 1.22 bits per heavy atom. The number of rotatable bonds is 0. The molecule has 1 heterocycles. The van der Waals surface area contributed by atoms with Gasteiger partial charge in [-0.15, -0.1) is 0 Å². The van der Waals surface area contributed by atoms with Gasteiger partial charge in [0, 0.05) is 0 Å². The highest BCUT2D eigenvalue weighted by atomic mass is 19.4. The lowest BCUT2D eigenvalue weighted by Gasteiger charge is -2.09. The van der Waals surface area contributed by atoms with Crippen molar-refractivity contribution in [1.29, 1.82) is 0 Å². The van der Waals surface area contributed by atoms with Gasteiger partial charge in [0.05, 0.1) is 0 Å². The fourth-order valence-electron chi connectivity index (χ4n) is 0.711. The van der Waals surface area contributed by atoms with Crippen LogP contribution in [0, 0.1) is 6.92 Å². The Hall–Kier alpha value is -1.56. The van der Waals surface area contributed by atoms with Crippen LogP contribution in [0.4, 0.5) is 13.2 Å². The molecule has 1 aromatic rings. The van der Waals surface area contributed by atoms with Crippen LogP contribution in [0.5, 0.6) is 0 Å². The number of hydrogen-bond donors (Lipinski definition) is 2. The quantitative estimate of drug-likeness (QED) is 0.756. The van der Waals surface area contributed by atoms with Gasteiger partial charge in [-0.25, -0.2) is 4.79 Å². The molecule has 0 unspecified atom stereocenters. The van der Waals surface area contributed by atoms with Crippen LogP contribution >= 0.6 is 0 Å². The summed E-state index contributed by atoms with van der Waals surface area (Å²) in [6.07, 6.45) is -3.69. The van der Waals surface area contributed by atoms with Crippen molar-refractivity contribution in [2.24, 2.45) is 0 Å². The SMILES string of the molecule is C1CNC1.Cc1ccccc1.O=C(O)C(F)(F)F. The molecule has 0 radical (unpaired) electrons. The van der Waals surface area contributed by atoms with E-state index in [4.69, 9.17) is 9.90 Å². The van der Waals surface area contributed by atoms with E-state index in [1.165, 1.54) is 25.1 Å². The molecule has 0 saturated carbocycles. The number of hydrogen-bond acceptors (Lipinski definition) is 2. The Kier molecular flexibility index (Phi) is 7.78. The van der Waals surface area contributed by atoms with Crippen molar-refractivity contribution in [2.45, 2.75) is 19.5 Å². The van der Waals surface area contributed by atoms with Gasteiger partial charge in [-0.05, 0) is 26.4 Å². The third kappa shape index (κ3) is 9.65. The molecule has 1 aliphatic rings. The Bertz CT molecular complexity index is 331. The molecule has 6 heteroatoms. The molecule has 0 bridgehead atoms. The molecule has 2 N–H and O–H groups in total. The molecular formula is C12H16F3NO2. The maximum atomic E-state index is 10.6. The van der Waals surface area contributed by atoms with Gasteiger partial charge in [0.15, 0.2) is 0 Å². The number of carboxylic acid groups (broad SMARTS) is 1. The Morgan fingerprint density at radius 2 is 1.56 bits per heavy atom. The second-order valence-electron chi connectivity index (χ2n) is 3.56. The minimum absolute atomic E-state index is 1.25. The van der Waals surface area contributed by atoms with Gasteiger partial charge in [0.1, 0.15) is 0 Å². The van der Waals surface area contributed by atoms with Gasteiger partial charge in [-0.1, -0.05) is 35.9 Å². The Morgan fingerprint density at radius 3 is 1.67 bits per heavy atom. The largest absolute Gasteiger partial charge is 0.490 e. The lowest BCUT2D eigenvalue weighted by atomic mass is 10.2. The van der Waals surface area contributed by atoms with Crippen molar-refractivity contribution in [2.75, 3.05) is 13.1 Å². The molecule has 1 aromatic carbocycles. The van der Waals surface area contributed by atoms with Crippen LogP contribution in [0.15, 0.2) is 30.3 Å². The van der Waals surface area contributed by atoms with Gasteiger partial charge in [0.2, 0.25) is 0 Å². The molecule has 1 aliphatic heterocycles. The molecule has 18 heavy (non-hydrogen) atoms. The first-order chi connectivity index (χ1) is 8.34. The molecule has 2 rings (SSSR count). The third-order valence-electron chi connectivity index (χ3n) is 1.89. The van der Waals surface area contributed by atoms with Crippen LogP contribution in [-0.2, 0) is 4.79 Å². The normalized spacial score (nSPS) is 13.1. The molecule has 1 fully saturated rings. The second kappa shape index (κ2) is 8.52. The number of nitrogens with one attached hydrogen (secondary N) is 1. The highest BCUT2D eigenvalue weighted by molar-refractivity contribution is 5.73. The maximum Gasteiger partial charge on any atom is 0.490 e. The molecule has 1 saturated heterocycles. The number of benzene rings is 1. The van der Waals surface area contributed by atoms with Gasteiger partial charge in [-0.2, -0.15) is 13.2 Å². The molecule has 0 atom stereocenters. The molecule has 0 aromatic heterocycles. The first kappa shape index (κ1) is 16.4. The molecule has 0 amide bonds. The number of alkyl halides is 3. The van der Waals surface area contributed by atoms with Crippen LogP contribution in [0.25, 0.3) is 0 Å². The predicted molar refractivity (Wildman–Crippen MR) is 62.4 cm³/mol. The first-order valence-corrected chi connectivity index (χ1v) is 5.36. The average molecular weight is 263 g/mol. The van der Waals surface area contributed by atoms with Crippen LogP contribution in [0.1, 0.15) is 12.0 Å². The van der Waals surface area contributed by atoms with Crippen LogP contribution in [0.2, 0.25) is 0 Å². The number of aryl methyl sites for hydroxylation is 1. The molecule has 3 nitrogen and oxygen atoms in total. The number of halogens is 3. The maximum absolute atomic E-state index is 10.6. The van der Waals surface area contributed by atoms with Crippen molar-refractivity contribution in [3.05, 3.63) is 35.9 Å². The highest BCUT2D eigenvalue weighted by Crippen LogP contribution is 2.13.